The number of thiazole rings is 1. The van der Waals surface area contributed by atoms with Gasteiger partial charge in [-0.05, 0) is 35.9 Å². The van der Waals surface area contributed by atoms with Crippen LogP contribution < -0.4 is 0 Å². The zero-order valence-corrected chi connectivity index (χ0v) is 19.0. The van der Waals surface area contributed by atoms with Crippen molar-refractivity contribution in [1.29, 1.82) is 0 Å². The third-order valence-corrected chi connectivity index (χ3v) is 6.69. The molecular formula is C22H16FN3O3S3. The lowest BCUT2D eigenvalue weighted by atomic mass is 10.2. The van der Waals surface area contributed by atoms with Crippen molar-refractivity contribution in [3.05, 3.63) is 76.0 Å². The van der Waals surface area contributed by atoms with Crippen molar-refractivity contribution in [3.63, 3.8) is 0 Å². The lowest BCUT2D eigenvalue weighted by Crippen LogP contribution is -2.30. The van der Waals surface area contributed by atoms with Gasteiger partial charge in [-0.2, -0.15) is 0 Å². The molecule has 0 bridgehead atoms. The van der Waals surface area contributed by atoms with Crippen molar-refractivity contribution >= 4 is 57.6 Å². The van der Waals surface area contributed by atoms with Crippen molar-refractivity contribution in [2.24, 2.45) is 0 Å². The first kappa shape index (κ1) is 22.3. The number of benzene rings is 1. The summed E-state index contributed by atoms with van der Waals surface area (Å²) in [7, 11) is 0. The zero-order chi connectivity index (χ0) is 22.5. The maximum Gasteiger partial charge on any atom is 0.307 e. The second kappa shape index (κ2) is 10.1. The molecule has 1 aliphatic heterocycles. The Morgan fingerprint density at radius 3 is 2.78 bits per heavy atom. The number of carbonyl (C=O) groups excluding carboxylic acids is 2. The van der Waals surface area contributed by atoms with E-state index in [4.69, 9.17) is 17.0 Å². The molecule has 1 aromatic carbocycles. The van der Waals surface area contributed by atoms with Gasteiger partial charge < -0.3 is 4.74 Å². The van der Waals surface area contributed by atoms with E-state index in [1.807, 2.05) is 23.6 Å². The Morgan fingerprint density at radius 2 is 2.03 bits per heavy atom. The van der Waals surface area contributed by atoms with E-state index in [0.717, 1.165) is 22.5 Å². The van der Waals surface area contributed by atoms with Crippen LogP contribution in [0.4, 0.5) is 4.39 Å². The van der Waals surface area contributed by atoms with Gasteiger partial charge in [0.15, 0.2) is 0 Å². The summed E-state index contributed by atoms with van der Waals surface area (Å²) in [4.78, 5) is 35.3. The predicted octanol–water partition coefficient (Wildman–Crippen LogP) is 4.68. The van der Waals surface area contributed by atoms with E-state index in [0.29, 0.717) is 20.5 Å². The van der Waals surface area contributed by atoms with Crippen molar-refractivity contribution < 1.29 is 18.7 Å². The number of thioether (sulfide) groups is 1. The molecule has 3 heterocycles. The van der Waals surface area contributed by atoms with E-state index < -0.39 is 5.97 Å². The molecule has 0 N–H and O–H groups in total. The smallest absolute Gasteiger partial charge is 0.307 e. The van der Waals surface area contributed by atoms with Gasteiger partial charge in [-0.15, -0.1) is 11.3 Å². The maximum atomic E-state index is 13.1. The van der Waals surface area contributed by atoms with Gasteiger partial charge in [-0.25, -0.2) is 9.37 Å². The number of thiocarbonyl (C=S) groups is 1. The third kappa shape index (κ3) is 5.45. The zero-order valence-electron chi connectivity index (χ0n) is 16.6. The number of aromatic nitrogens is 2. The highest BCUT2D eigenvalue weighted by Crippen LogP contribution is 2.32. The number of esters is 1. The molecule has 162 valence electrons. The van der Waals surface area contributed by atoms with E-state index in [2.05, 4.69) is 9.97 Å². The fraction of sp³-hybridized carbons (Fsp3) is 0.136. The Hall–Kier alpha value is -2.95. The second-order valence-electron chi connectivity index (χ2n) is 6.65. The molecule has 0 aliphatic carbocycles. The summed E-state index contributed by atoms with van der Waals surface area (Å²) in [6.07, 6.45) is 3.35. The highest BCUT2D eigenvalue weighted by atomic mass is 32.2. The Kier molecular flexibility index (Phi) is 7.03. The van der Waals surface area contributed by atoms with Crippen molar-refractivity contribution in [1.82, 2.24) is 14.9 Å². The van der Waals surface area contributed by atoms with Gasteiger partial charge in [0.25, 0.3) is 5.91 Å². The molecule has 0 radical (unpaired) electrons. The minimum Gasteiger partial charge on any atom is -0.459 e. The molecule has 0 spiro atoms. The topological polar surface area (TPSA) is 72.4 Å². The van der Waals surface area contributed by atoms with E-state index in [1.165, 1.54) is 28.4 Å². The van der Waals surface area contributed by atoms with Crippen LogP contribution in [0.15, 0.2) is 58.9 Å². The van der Waals surface area contributed by atoms with Crippen LogP contribution in [0.3, 0.4) is 0 Å². The van der Waals surface area contributed by atoms with Crippen LogP contribution in [0.25, 0.3) is 16.8 Å². The minimum atomic E-state index is -0.450. The standard InChI is InChI=1S/C22H16FN3O3S3/c23-15-6-4-14(5-7-15)11-18-21(28)26(22(30)32-18)10-8-19(27)29-12-16-13-31-20(25-16)17-3-1-2-9-24-17/h1-7,9,11,13H,8,10,12H2/b18-11-. The van der Waals surface area contributed by atoms with Crippen molar-refractivity contribution in [2.45, 2.75) is 13.0 Å². The predicted molar refractivity (Wildman–Crippen MR) is 126 cm³/mol. The molecule has 1 amide bonds. The molecule has 3 aromatic rings. The molecule has 1 fully saturated rings. The van der Waals surface area contributed by atoms with Gasteiger partial charge >= 0.3 is 5.97 Å². The molecule has 1 saturated heterocycles. The summed E-state index contributed by atoms with van der Waals surface area (Å²) in [6, 6.07) is 11.4. The number of ether oxygens (including phenoxy) is 1. The number of halogens is 1. The summed E-state index contributed by atoms with van der Waals surface area (Å²) >= 11 is 7.85. The highest BCUT2D eigenvalue weighted by molar-refractivity contribution is 8.26. The molecule has 0 unspecified atom stereocenters. The SMILES string of the molecule is O=C(CCN1C(=O)/C(=C/c2ccc(F)cc2)SC1=S)OCc1csc(-c2ccccn2)n1. The monoisotopic (exact) mass is 485 g/mol. The van der Waals surface area contributed by atoms with E-state index in [9.17, 15) is 14.0 Å². The summed E-state index contributed by atoms with van der Waals surface area (Å²) < 4.78 is 18.7. The molecule has 0 saturated carbocycles. The average Bonchev–Trinajstić information content (AvgIpc) is 3.38. The van der Waals surface area contributed by atoms with Crippen LogP contribution in [0.5, 0.6) is 0 Å². The fourth-order valence-electron chi connectivity index (χ4n) is 2.81. The lowest BCUT2D eigenvalue weighted by molar-refractivity contribution is -0.145. The Morgan fingerprint density at radius 1 is 1.22 bits per heavy atom. The largest absolute Gasteiger partial charge is 0.459 e. The van der Waals surface area contributed by atoms with Gasteiger partial charge in [-0.3, -0.25) is 19.5 Å². The highest BCUT2D eigenvalue weighted by Gasteiger charge is 2.32. The van der Waals surface area contributed by atoms with Crippen LogP contribution in [0.2, 0.25) is 0 Å². The van der Waals surface area contributed by atoms with Crippen LogP contribution in [-0.2, 0) is 20.9 Å². The number of nitrogens with zero attached hydrogens (tertiary/aromatic N) is 3. The molecule has 2 aromatic heterocycles. The number of amides is 1. The van der Waals surface area contributed by atoms with Crippen LogP contribution in [0, 0.1) is 5.82 Å². The Balaban J connectivity index is 1.28. The number of carbonyl (C=O) groups is 2. The van der Waals surface area contributed by atoms with Gasteiger partial charge in [0.1, 0.15) is 21.8 Å². The minimum absolute atomic E-state index is 0.00744. The fourth-order valence-corrected chi connectivity index (χ4v) is 4.90. The lowest BCUT2D eigenvalue weighted by Gasteiger charge is -2.13. The summed E-state index contributed by atoms with van der Waals surface area (Å²) in [5.41, 5.74) is 2.09. The molecule has 0 atom stereocenters. The quantitative estimate of drug-likeness (QED) is 0.273. The maximum absolute atomic E-state index is 13.1. The second-order valence-corrected chi connectivity index (χ2v) is 9.19. The summed E-state index contributed by atoms with van der Waals surface area (Å²) in [5.74, 6) is -1.08. The first-order chi connectivity index (χ1) is 15.5. The molecule has 32 heavy (non-hydrogen) atoms. The molecule has 1 aliphatic rings. The van der Waals surface area contributed by atoms with Crippen LogP contribution in [-0.4, -0.2) is 37.6 Å². The van der Waals surface area contributed by atoms with Crippen molar-refractivity contribution in [2.75, 3.05) is 6.54 Å². The number of hydrogen-bond acceptors (Lipinski definition) is 8. The van der Waals surface area contributed by atoms with Crippen LogP contribution in [0.1, 0.15) is 17.7 Å². The van der Waals surface area contributed by atoms with Crippen LogP contribution >= 0.6 is 35.3 Å². The Labute approximate surface area is 197 Å². The number of rotatable bonds is 7. The molecule has 6 nitrogen and oxygen atoms in total. The summed E-state index contributed by atoms with van der Waals surface area (Å²) in [5, 5.41) is 2.57. The van der Waals surface area contributed by atoms with E-state index >= 15 is 0 Å². The third-order valence-electron chi connectivity index (χ3n) is 4.40. The summed E-state index contributed by atoms with van der Waals surface area (Å²) in [6.45, 7) is 0.172. The number of hydrogen-bond donors (Lipinski definition) is 0. The van der Waals surface area contributed by atoms with Crippen molar-refractivity contribution in [3.8, 4) is 10.7 Å². The van der Waals surface area contributed by atoms with E-state index in [-0.39, 0.29) is 31.3 Å². The van der Waals surface area contributed by atoms with E-state index in [1.54, 1.807) is 24.4 Å². The molecule has 10 heteroatoms. The van der Waals surface area contributed by atoms with Gasteiger partial charge in [0.2, 0.25) is 0 Å². The Bertz CT molecular complexity index is 1180. The average molecular weight is 486 g/mol. The molecular weight excluding hydrogens is 469 g/mol. The normalized spacial score (nSPS) is 14.9. The number of pyridine rings is 1. The first-order valence-electron chi connectivity index (χ1n) is 9.52. The first-order valence-corrected chi connectivity index (χ1v) is 11.6. The van der Waals surface area contributed by atoms with Gasteiger partial charge in [0.05, 0.1) is 22.7 Å². The van der Waals surface area contributed by atoms with Gasteiger partial charge in [-0.1, -0.05) is 42.2 Å². The van der Waals surface area contributed by atoms with Gasteiger partial charge in [0, 0.05) is 18.1 Å². The molecule has 4 rings (SSSR count).